The van der Waals surface area contributed by atoms with Gasteiger partial charge in [0.15, 0.2) is 9.84 Å². The zero-order valence-corrected chi connectivity index (χ0v) is 14.8. The van der Waals surface area contributed by atoms with E-state index in [1.807, 2.05) is 0 Å². The maximum Gasteiger partial charge on any atom is 0.166 e. The second-order valence-corrected chi connectivity index (χ2v) is 9.99. The molecular formula is C15H29NO3S2. The number of aliphatic hydroxyl groups excluding tert-OH is 1. The number of rotatable bonds is 5. The van der Waals surface area contributed by atoms with Gasteiger partial charge in [-0.3, -0.25) is 4.90 Å². The lowest BCUT2D eigenvalue weighted by Gasteiger charge is -2.40. The number of sulfone groups is 1. The van der Waals surface area contributed by atoms with Crippen LogP contribution < -0.4 is 0 Å². The van der Waals surface area contributed by atoms with Crippen molar-refractivity contribution >= 4 is 21.6 Å². The largest absolute Gasteiger partial charge is 0.393 e. The molecule has 1 N–H and O–H groups in total. The lowest BCUT2D eigenvalue weighted by Crippen LogP contribution is -2.51. The zero-order valence-electron chi connectivity index (χ0n) is 13.2. The number of hydrogen-bond acceptors (Lipinski definition) is 5. The van der Waals surface area contributed by atoms with E-state index in [0.717, 1.165) is 44.5 Å². The van der Waals surface area contributed by atoms with Crippen molar-refractivity contribution in [2.24, 2.45) is 11.8 Å². The first-order valence-electron chi connectivity index (χ1n) is 8.19. The van der Waals surface area contributed by atoms with Crippen LogP contribution in [0.3, 0.4) is 0 Å². The fourth-order valence-electron chi connectivity index (χ4n) is 3.56. The Bertz CT molecular complexity index is 427. The van der Waals surface area contributed by atoms with Gasteiger partial charge in [-0.1, -0.05) is 20.3 Å². The first-order chi connectivity index (χ1) is 9.97. The molecule has 0 aromatic rings. The van der Waals surface area contributed by atoms with Gasteiger partial charge in [0.25, 0.3) is 0 Å². The highest BCUT2D eigenvalue weighted by atomic mass is 32.2. The van der Waals surface area contributed by atoms with Crippen molar-refractivity contribution in [2.75, 3.05) is 30.3 Å². The van der Waals surface area contributed by atoms with E-state index >= 15 is 0 Å². The summed E-state index contributed by atoms with van der Waals surface area (Å²) in [6.07, 6.45) is 3.93. The Morgan fingerprint density at radius 1 is 1.29 bits per heavy atom. The minimum Gasteiger partial charge on any atom is -0.393 e. The molecule has 2 fully saturated rings. The summed E-state index contributed by atoms with van der Waals surface area (Å²) in [5.41, 5.74) is 0. The van der Waals surface area contributed by atoms with Crippen LogP contribution in [-0.4, -0.2) is 60.3 Å². The summed E-state index contributed by atoms with van der Waals surface area (Å²) in [5, 5.41) is 9.93. The SMILES string of the molecule is CCC1CCC(O)C(CN2CCSCC2S(=O)(=O)CC)C1. The standard InChI is InChI=1S/C15H29NO3S2/c1-3-12-5-6-14(17)13(9-12)10-16-7-8-20-11-15(16)21(18,19)4-2/h12-15,17H,3-11H2,1-2H3. The average molecular weight is 336 g/mol. The van der Waals surface area contributed by atoms with Gasteiger partial charge >= 0.3 is 0 Å². The second kappa shape index (κ2) is 7.66. The predicted octanol–water partition coefficient (Wildman–Crippen LogP) is 1.98. The molecule has 0 bridgehead atoms. The first-order valence-corrected chi connectivity index (χ1v) is 11.1. The first kappa shape index (κ1) is 17.6. The molecule has 1 aliphatic heterocycles. The van der Waals surface area contributed by atoms with E-state index in [9.17, 15) is 13.5 Å². The summed E-state index contributed by atoms with van der Waals surface area (Å²) >= 11 is 1.73. The van der Waals surface area contributed by atoms with Gasteiger partial charge in [-0.25, -0.2) is 8.42 Å². The summed E-state index contributed by atoms with van der Waals surface area (Å²) in [7, 11) is -3.03. The average Bonchev–Trinajstić information content (AvgIpc) is 2.50. The Balaban J connectivity index is 2.04. The molecule has 1 saturated carbocycles. The lowest BCUT2D eigenvalue weighted by molar-refractivity contribution is 0.0259. The van der Waals surface area contributed by atoms with E-state index in [0.29, 0.717) is 11.7 Å². The molecule has 0 radical (unpaired) electrons. The van der Waals surface area contributed by atoms with Crippen LogP contribution in [0, 0.1) is 11.8 Å². The van der Waals surface area contributed by atoms with Gasteiger partial charge in [-0.15, -0.1) is 0 Å². The van der Waals surface area contributed by atoms with Crippen LogP contribution in [0.5, 0.6) is 0 Å². The quantitative estimate of drug-likeness (QED) is 0.832. The maximum absolute atomic E-state index is 12.3. The molecular weight excluding hydrogens is 306 g/mol. The Morgan fingerprint density at radius 2 is 2.05 bits per heavy atom. The molecule has 1 saturated heterocycles. The van der Waals surface area contributed by atoms with Crippen LogP contribution >= 0.6 is 11.8 Å². The molecule has 6 heteroatoms. The lowest BCUT2D eigenvalue weighted by atomic mass is 9.78. The van der Waals surface area contributed by atoms with Crippen LogP contribution in [0.2, 0.25) is 0 Å². The normalized spacial score (nSPS) is 35.8. The van der Waals surface area contributed by atoms with Crippen molar-refractivity contribution in [2.45, 2.75) is 51.0 Å². The molecule has 4 atom stereocenters. The van der Waals surface area contributed by atoms with E-state index in [1.165, 1.54) is 0 Å². The molecule has 1 aliphatic carbocycles. The predicted molar refractivity (Wildman–Crippen MR) is 89.3 cm³/mol. The molecule has 0 amide bonds. The molecule has 2 rings (SSSR count). The van der Waals surface area contributed by atoms with E-state index < -0.39 is 9.84 Å². The van der Waals surface area contributed by atoms with E-state index in [1.54, 1.807) is 18.7 Å². The smallest absolute Gasteiger partial charge is 0.166 e. The van der Waals surface area contributed by atoms with E-state index in [4.69, 9.17) is 0 Å². The molecule has 124 valence electrons. The Morgan fingerprint density at radius 3 is 2.71 bits per heavy atom. The zero-order chi connectivity index (χ0) is 15.5. The van der Waals surface area contributed by atoms with Crippen LogP contribution in [0.25, 0.3) is 0 Å². The van der Waals surface area contributed by atoms with E-state index in [-0.39, 0.29) is 23.1 Å². The maximum atomic E-state index is 12.3. The highest BCUT2D eigenvalue weighted by Gasteiger charge is 2.36. The van der Waals surface area contributed by atoms with Gasteiger partial charge < -0.3 is 5.11 Å². The van der Waals surface area contributed by atoms with Crippen molar-refractivity contribution in [3.8, 4) is 0 Å². The molecule has 4 unspecified atom stereocenters. The third-order valence-electron chi connectivity index (χ3n) is 5.10. The van der Waals surface area contributed by atoms with Crippen LogP contribution in [0.15, 0.2) is 0 Å². The van der Waals surface area contributed by atoms with Crippen molar-refractivity contribution in [3.63, 3.8) is 0 Å². The highest BCUT2D eigenvalue weighted by molar-refractivity contribution is 8.01. The van der Waals surface area contributed by atoms with E-state index in [2.05, 4.69) is 11.8 Å². The Kier molecular flexibility index (Phi) is 6.41. The Hall–Kier alpha value is 0.220. The third-order valence-corrected chi connectivity index (χ3v) is 8.44. The van der Waals surface area contributed by atoms with Gasteiger partial charge in [0.05, 0.1) is 6.10 Å². The molecule has 2 aliphatic rings. The number of hydrogen-bond donors (Lipinski definition) is 1. The topological polar surface area (TPSA) is 57.6 Å². The van der Waals surface area contributed by atoms with Crippen molar-refractivity contribution < 1.29 is 13.5 Å². The van der Waals surface area contributed by atoms with Crippen LogP contribution in [0.1, 0.15) is 39.5 Å². The summed E-state index contributed by atoms with van der Waals surface area (Å²) in [6.45, 7) is 5.51. The monoisotopic (exact) mass is 335 g/mol. The van der Waals surface area contributed by atoms with Crippen LogP contribution in [0.4, 0.5) is 0 Å². The molecule has 4 nitrogen and oxygen atoms in total. The van der Waals surface area contributed by atoms with Gasteiger partial charge in [0.2, 0.25) is 0 Å². The van der Waals surface area contributed by atoms with Gasteiger partial charge in [-0.2, -0.15) is 11.8 Å². The van der Waals surface area contributed by atoms with Crippen LogP contribution in [-0.2, 0) is 9.84 Å². The second-order valence-electron chi connectivity index (χ2n) is 6.39. The minimum atomic E-state index is -3.03. The fraction of sp³-hybridized carbons (Fsp3) is 1.00. The molecule has 1 heterocycles. The van der Waals surface area contributed by atoms with Crippen molar-refractivity contribution in [3.05, 3.63) is 0 Å². The van der Waals surface area contributed by atoms with Gasteiger partial charge in [-0.05, 0) is 31.1 Å². The van der Waals surface area contributed by atoms with Crippen molar-refractivity contribution in [1.29, 1.82) is 0 Å². The number of aliphatic hydroxyl groups is 1. The molecule has 0 aromatic carbocycles. The molecule has 0 aromatic heterocycles. The summed E-state index contributed by atoms with van der Waals surface area (Å²) in [4.78, 5) is 2.13. The summed E-state index contributed by atoms with van der Waals surface area (Å²) in [5.74, 6) is 2.81. The Labute approximate surface area is 133 Å². The summed E-state index contributed by atoms with van der Waals surface area (Å²) in [6, 6.07) is 0. The summed E-state index contributed by atoms with van der Waals surface area (Å²) < 4.78 is 24.6. The third kappa shape index (κ3) is 4.36. The fourth-order valence-corrected chi connectivity index (χ4v) is 6.65. The number of nitrogens with zero attached hydrogens (tertiary/aromatic N) is 1. The van der Waals surface area contributed by atoms with Gasteiger partial charge in [0.1, 0.15) is 5.37 Å². The minimum absolute atomic E-state index is 0.208. The number of thioether (sulfide) groups is 1. The van der Waals surface area contributed by atoms with Crippen molar-refractivity contribution in [1.82, 2.24) is 4.90 Å². The molecule has 21 heavy (non-hydrogen) atoms. The highest BCUT2D eigenvalue weighted by Crippen LogP contribution is 2.33. The molecule has 0 spiro atoms. The van der Waals surface area contributed by atoms with Gasteiger partial charge in [0, 0.05) is 30.3 Å².